The van der Waals surface area contributed by atoms with E-state index < -0.39 is 5.97 Å². The molecular formula is C8H6ClN3O2. The van der Waals surface area contributed by atoms with Crippen molar-refractivity contribution in [2.45, 2.75) is 0 Å². The number of esters is 1. The van der Waals surface area contributed by atoms with E-state index in [1.807, 2.05) is 0 Å². The Balaban J connectivity index is 2.70. The van der Waals surface area contributed by atoms with E-state index in [0.717, 1.165) is 0 Å². The first-order valence-corrected chi connectivity index (χ1v) is 4.17. The Kier molecular flexibility index (Phi) is 2.09. The Morgan fingerprint density at radius 2 is 2.36 bits per heavy atom. The van der Waals surface area contributed by atoms with E-state index in [-0.39, 0.29) is 5.28 Å². The molecule has 14 heavy (non-hydrogen) atoms. The summed E-state index contributed by atoms with van der Waals surface area (Å²) < 4.78 is 4.58. The predicted molar refractivity (Wildman–Crippen MR) is 50.2 cm³/mol. The molecule has 2 aromatic heterocycles. The molecule has 2 heterocycles. The van der Waals surface area contributed by atoms with Gasteiger partial charge in [0.25, 0.3) is 0 Å². The van der Waals surface area contributed by atoms with Crippen molar-refractivity contribution in [2.24, 2.45) is 0 Å². The smallest absolute Gasteiger partial charge is 0.341 e. The third kappa shape index (κ3) is 1.31. The lowest BCUT2D eigenvalue weighted by Crippen LogP contribution is -2.02. The van der Waals surface area contributed by atoms with Gasteiger partial charge in [0, 0.05) is 6.20 Å². The maximum atomic E-state index is 11.3. The summed E-state index contributed by atoms with van der Waals surface area (Å²) in [5, 5.41) is 0.221. The van der Waals surface area contributed by atoms with Crippen molar-refractivity contribution in [1.29, 1.82) is 0 Å². The third-order valence-electron chi connectivity index (χ3n) is 1.77. The van der Waals surface area contributed by atoms with Crippen LogP contribution < -0.4 is 0 Å². The van der Waals surface area contributed by atoms with Crippen molar-refractivity contribution in [3.63, 3.8) is 0 Å². The maximum absolute atomic E-state index is 11.3. The van der Waals surface area contributed by atoms with E-state index in [9.17, 15) is 4.79 Å². The van der Waals surface area contributed by atoms with Gasteiger partial charge < -0.3 is 9.72 Å². The quantitative estimate of drug-likeness (QED) is 0.724. The zero-order chi connectivity index (χ0) is 10.1. The van der Waals surface area contributed by atoms with Crippen molar-refractivity contribution in [1.82, 2.24) is 15.0 Å². The summed E-state index contributed by atoms with van der Waals surface area (Å²) in [6, 6.07) is 0. The SMILES string of the molecule is COC(=O)c1cncc2[nH]c(Cl)nc12. The zero-order valence-electron chi connectivity index (χ0n) is 7.24. The number of nitrogens with zero attached hydrogens (tertiary/aromatic N) is 2. The van der Waals surface area contributed by atoms with Crippen LogP contribution in [0.2, 0.25) is 5.28 Å². The summed E-state index contributed by atoms with van der Waals surface area (Å²) in [5.74, 6) is -0.480. The normalized spacial score (nSPS) is 10.4. The Hall–Kier alpha value is -1.62. The molecule has 0 bridgehead atoms. The molecule has 0 aromatic carbocycles. The molecule has 6 heteroatoms. The van der Waals surface area contributed by atoms with Crippen molar-refractivity contribution in [3.05, 3.63) is 23.2 Å². The molecule has 0 aliphatic heterocycles. The minimum absolute atomic E-state index is 0.221. The number of aromatic amines is 1. The number of ether oxygens (including phenoxy) is 1. The van der Waals surface area contributed by atoms with Gasteiger partial charge in [0.2, 0.25) is 5.28 Å². The molecular weight excluding hydrogens is 206 g/mol. The van der Waals surface area contributed by atoms with Crippen molar-refractivity contribution < 1.29 is 9.53 Å². The van der Waals surface area contributed by atoms with Crippen LogP contribution in [0.4, 0.5) is 0 Å². The number of methoxy groups -OCH3 is 1. The first-order chi connectivity index (χ1) is 6.72. The van der Waals surface area contributed by atoms with Gasteiger partial charge in [-0.2, -0.15) is 0 Å². The van der Waals surface area contributed by atoms with Crippen LogP contribution in [0.3, 0.4) is 0 Å². The second kappa shape index (κ2) is 3.26. The van der Waals surface area contributed by atoms with Gasteiger partial charge in [-0.15, -0.1) is 0 Å². The average Bonchev–Trinajstić information content (AvgIpc) is 2.56. The lowest BCUT2D eigenvalue weighted by Gasteiger charge is -1.97. The van der Waals surface area contributed by atoms with E-state index >= 15 is 0 Å². The summed E-state index contributed by atoms with van der Waals surface area (Å²) in [6.07, 6.45) is 2.94. The Labute approximate surface area is 84.1 Å². The fourth-order valence-electron chi connectivity index (χ4n) is 1.16. The van der Waals surface area contributed by atoms with Crippen molar-refractivity contribution >= 4 is 28.6 Å². The number of pyridine rings is 1. The Bertz CT molecular complexity index is 494. The van der Waals surface area contributed by atoms with Crippen LogP contribution in [-0.2, 0) is 4.74 Å². The lowest BCUT2D eigenvalue weighted by atomic mass is 10.2. The molecule has 5 nitrogen and oxygen atoms in total. The van der Waals surface area contributed by atoms with Crippen LogP contribution in [-0.4, -0.2) is 28.0 Å². The monoisotopic (exact) mass is 211 g/mol. The number of nitrogens with one attached hydrogen (secondary N) is 1. The van der Waals surface area contributed by atoms with Gasteiger partial charge in [-0.25, -0.2) is 9.78 Å². The molecule has 0 radical (unpaired) electrons. The minimum atomic E-state index is -0.480. The van der Waals surface area contributed by atoms with Crippen LogP contribution in [0, 0.1) is 0 Å². The average molecular weight is 212 g/mol. The first kappa shape index (κ1) is 8.96. The highest BCUT2D eigenvalue weighted by Crippen LogP contribution is 2.17. The molecule has 1 N–H and O–H groups in total. The van der Waals surface area contributed by atoms with Crippen LogP contribution in [0.15, 0.2) is 12.4 Å². The maximum Gasteiger partial charge on any atom is 0.341 e. The van der Waals surface area contributed by atoms with Gasteiger partial charge in [-0.05, 0) is 11.6 Å². The van der Waals surface area contributed by atoms with E-state index in [2.05, 4.69) is 19.7 Å². The predicted octanol–water partition coefficient (Wildman–Crippen LogP) is 1.40. The number of fused-ring (bicyclic) bond motifs is 1. The van der Waals surface area contributed by atoms with E-state index in [1.54, 1.807) is 6.20 Å². The van der Waals surface area contributed by atoms with Crippen LogP contribution in [0.5, 0.6) is 0 Å². The second-order valence-corrected chi connectivity index (χ2v) is 2.96. The van der Waals surface area contributed by atoms with Crippen LogP contribution in [0.25, 0.3) is 11.0 Å². The molecule has 0 fully saturated rings. The number of halogens is 1. The fraction of sp³-hybridized carbons (Fsp3) is 0.125. The fourth-order valence-corrected chi connectivity index (χ4v) is 1.35. The summed E-state index contributed by atoms with van der Waals surface area (Å²) in [6.45, 7) is 0. The minimum Gasteiger partial charge on any atom is -0.465 e. The van der Waals surface area contributed by atoms with E-state index in [0.29, 0.717) is 16.6 Å². The number of hydrogen-bond acceptors (Lipinski definition) is 4. The number of hydrogen-bond donors (Lipinski definition) is 1. The first-order valence-electron chi connectivity index (χ1n) is 3.80. The summed E-state index contributed by atoms with van der Waals surface area (Å²) in [5.41, 5.74) is 1.38. The van der Waals surface area contributed by atoms with E-state index in [1.165, 1.54) is 13.3 Å². The number of rotatable bonds is 1. The highest BCUT2D eigenvalue weighted by molar-refractivity contribution is 6.29. The Morgan fingerprint density at radius 3 is 3.07 bits per heavy atom. The van der Waals surface area contributed by atoms with Gasteiger partial charge in [0.05, 0.1) is 18.8 Å². The molecule has 0 aliphatic carbocycles. The van der Waals surface area contributed by atoms with E-state index in [4.69, 9.17) is 11.6 Å². The molecule has 0 unspecified atom stereocenters. The molecule has 0 saturated carbocycles. The van der Waals surface area contributed by atoms with Crippen molar-refractivity contribution in [2.75, 3.05) is 7.11 Å². The Morgan fingerprint density at radius 1 is 1.57 bits per heavy atom. The van der Waals surface area contributed by atoms with Crippen LogP contribution >= 0.6 is 11.6 Å². The molecule has 0 amide bonds. The van der Waals surface area contributed by atoms with Gasteiger partial charge >= 0.3 is 5.97 Å². The summed E-state index contributed by atoms with van der Waals surface area (Å²) in [7, 11) is 1.30. The molecule has 2 aromatic rings. The molecule has 0 atom stereocenters. The molecule has 0 spiro atoms. The third-order valence-corrected chi connectivity index (χ3v) is 1.95. The molecule has 2 rings (SSSR count). The van der Waals surface area contributed by atoms with Gasteiger partial charge in [-0.1, -0.05) is 0 Å². The number of carbonyl (C=O) groups is 1. The lowest BCUT2D eigenvalue weighted by molar-refractivity contribution is 0.0602. The van der Waals surface area contributed by atoms with Gasteiger partial charge in [0.15, 0.2) is 0 Å². The number of H-pyrrole nitrogens is 1. The van der Waals surface area contributed by atoms with Crippen LogP contribution in [0.1, 0.15) is 10.4 Å². The number of imidazole rings is 1. The molecule has 0 aliphatic rings. The number of aromatic nitrogens is 3. The second-order valence-electron chi connectivity index (χ2n) is 2.60. The van der Waals surface area contributed by atoms with Gasteiger partial charge in [0.1, 0.15) is 11.1 Å². The highest BCUT2D eigenvalue weighted by atomic mass is 35.5. The topological polar surface area (TPSA) is 67.9 Å². The molecule has 72 valence electrons. The van der Waals surface area contributed by atoms with Crippen molar-refractivity contribution in [3.8, 4) is 0 Å². The summed E-state index contributed by atoms with van der Waals surface area (Å²) >= 11 is 5.66. The largest absolute Gasteiger partial charge is 0.465 e. The van der Waals surface area contributed by atoms with Gasteiger partial charge in [-0.3, -0.25) is 4.98 Å². The standard InChI is InChI=1S/C8H6ClN3O2/c1-14-7(13)4-2-10-3-5-6(4)12-8(9)11-5/h2-3H,1H3,(H,11,12). The zero-order valence-corrected chi connectivity index (χ0v) is 8.00. The summed E-state index contributed by atoms with van der Waals surface area (Å²) in [4.78, 5) is 21.9. The number of carbonyl (C=O) groups excluding carboxylic acids is 1. The highest BCUT2D eigenvalue weighted by Gasteiger charge is 2.13. The molecule has 0 saturated heterocycles.